The van der Waals surface area contributed by atoms with Crippen molar-refractivity contribution in [2.24, 2.45) is 0 Å². The molecule has 1 rings (SSSR count). The number of carbonyl (C=O) groups is 1. The minimum atomic E-state index is -0.0674. The van der Waals surface area contributed by atoms with Gasteiger partial charge in [0, 0.05) is 18.8 Å². The first-order valence-electron chi connectivity index (χ1n) is 4.77. The van der Waals surface area contributed by atoms with Crippen LogP contribution in [0.5, 0.6) is 0 Å². The van der Waals surface area contributed by atoms with Gasteiger partial charge in [-0.05, 0) is 18.6 Å². The van der Waals surface area contributed by atoms with Gasteiger partial charge in [0.2, 0.25) is 0 Å². The predicted molar refractivity (Wildman–Crippen MR) is 63.1 cm³/mol. The predicted octanol–water partition coefficient (Wildman–Crippen LogP) is 2.69. The normalized spacial score (nSPS) is 10.3. The summed E-state index contributed by atoms with van der Waals surface area (Å²) in [4.78, 5) is 13.0. The lowest BCUT2D eigenvalue weighted by molar-refractivity contribution is -0.123. The monoisotopic (exact) mass is 201 g/mol. The fraction of sp³-hybridized carbons (Fsp3) is 0.154. The zero-order chi connectivity index (χ0) is 11.3. The van der Waals surface area contributed by atoms with Gasteiger partial charge in [-0.25, -0.2) is 0 Å². The van der Waals surface area contributed by atoms with Crippen LogP contribution in [0.3, 0.4) is 0 Å². The third kappa shape index (κ3) is 3.43. The molecule has 0 radical (unpaired) electrons. The Morgan fingerprint density at radius 3 is 2.47 bits per heavy atom. The number of rotatable bonds is 3. The Balaban J connectivity index is 2.66. The number of hydrogen-bond acceptors (Lipinski definition) is 1. The summed E-state index contributed by atoms with van der Waals surface area (Å²) in [7, 11) is 1.72. The van der Waals surface area contributed by atoms with Crippen molar-refractivity contribution in [3.63, 3.8) is 0 Å². The van der Waals surface area contributed by atoms with Crippen molar-refractivity contribution < 1.29 is 4.79 Å². The quantitative estimate of drug-likeness (QED) is 0.688. The molecule has 0 aromatic heterocycles. The molecular weight excluding hydrogens is 186 g/mol. The molecule has 1 aromatic carbocycles. The van der Waals surface area contributed by atoms with Crippen LogP contribution in [0.2, 0.25) is 0 Å². The minimum absolute atomic E-state index is 0.0674. The van der Waals surface area contributed by atoms with E-state index in [0.29, 0.717) is 5.57 Å². The number of carbonyl (C=O) groups excluding carboxylic acids is 1. The lowest BCUT2D eigenvalue weighted by atomic mass is 10.2. The standard InChI is InChI=1S/C13H15NO/c1-11(2)13(15)14(3)10-9-12-7-5-4-6-8-12/h4-10H,1H2,2-3H3. The van der Waals surface area contributed by atoms with E-state index in [-0.39, 0.29) is 5.91 Å². The van der Waals surface area contributed by atoms with E-state index in [1.807, 2.05) is 36.4 Å². The number of likely N-dealkylation sites (N-methyl/N-ethyl adjacent to an activating group) is 1. The van der Waals surface area contributed by atoms with Crippen molar-refractivity contribution in [3.8, 4) is 0 Å². The number of benzene rings is 1. The van der Waals surface area contributed by atoms with Crippen LogP contribution in [0.4, 0.5) is 0 Å². The molecule has 2 nitrogen and oxygen atoms in total. The smallest absolute Gasteiger partial charge is 0.252 e. The summed E-state index contributed by atoms with van der Waals surface area (Å²) in [5.41, 5.74) is 1.61. The van der Waals surface area contributed by atoms with Crippen LogP contribution >= 0.6 is 0 Å². The Labute approximate surface area is 90.5 Å². The molecule has 0 unspecified atom stereocenters. The molecule has 0 saturated heterocycles. The highest BCUT2D eigenvalue weighted by atomic mass is 16.2. The van der Waals surface area contributed by atoms with E-state index < -0.39 is 0 Å². The van der Waals surface area contributed by atoms with Crippen LogP contribution in [0.1, 0.15) is 12.5 Å². The number of nitrogens with zero attached hydrogens (tertiary/aromatic N) is 1. The summed E-state index contributed by atoms with van der Waals surface area (Å²) in [6.45, 7) is 5.31. The molecule has 2 heteroatoms. The Morgan fingerprint density at radius 1 is 1.33 bits per heavy atom. The molecule has 0 spiro atoms. The van der Waals surface area contributed by atoms with E-state index in [0.717, 1.165) is 5.56 Å². The van der Waals surface area contributed by atoms with Gasteiger partial charge in [0.15, 0.2) is 0 Å². The summed E-state index contributed by atoms with van der Waals surface area (Å²) in [6, 6.07) is 9.84. The number of amides is 1. The SMILES string of the molecule is C=C(C)C(=O)N(C)C=Cc1ccccc1. The van der Waals surface area contributed by atoms with Gasteiger partial charge in [-0.1, -0.05) is 36.9 Å². The molecule has 0 atom stereocenters. The second kappa shape index (κ2) is 5.15. The highest BCUT2D eigenvalue weighted by Crippen LogP contribution is 2.03. The maximum atomic E-state index is 11.4. The molecule has 1 aromatic rings. The van der Waals surface area contributed by atoms with E-state index in [9.17, 15) is 4.79 Å². The summed E-state index contributed by atoms with van der Waals surface area (Å²) in [6.07, 6.45) is 3.63. The van der Waals surface area contributed by atoms with E-state index in [1.165, 1.54) is 4.90 Å². The second-order valence-corrected chi connectivity index (χ2v) is 3.42. The van der Waals surface area contributed by atoms with Crippen LogP contribution in [0.25, 0.3) is 6.08 Å². The molecule has 78 valence electrons. The first-order valence-corrected chi connectivity index (χ1v) is 4.77. The minimum Gasteiger partial charge on any atom is -0.318 e. The maximum absolute atomic E-state index is 11.4. The Bertz CT molecular complexity index is 379. The zero-order valence-corrected chi connectivity index (χ0v) is 9.10. The fourth-order valence-corrected chi connectivity index (χ4v) is 1.13. The molecule has 0 aliphatic carbocycles. The van der Waals surface area contributed by atoms with Gasteiger partial charge in [-0.3, -0.25) is 4.79 Å². The molecule has 0 bridgehead atoms. The molecule has 0 heterocycles. The van der Waals surface area contributed by atoms with Crippen LogP contribution < -0.4 is 0 Å². The molecule has 1 amide bonds. The van der Waals surface area contributed by atoms with Crippen LogP contribution in [-0.4, -0.2) is 17.9 Å². The topological polar surface area (TPSA) is 20.3 Å². The lowest BCUT2D eigenvalue weighted by Crippen LogP contribution is -2.20. The first-order chi connectivity index (χ1) is 7.11. The summed E-state index contributed by atoms with van der Waals surface area (Å²) >= 11 is 0. The molecule has 0 fully saturated rings. The van der Waals surface area contributed by atoms with Gasteiger partial charge in [-0.15, -0.1) is 0 Å². The molecular formula is C13H15NO. The Hall–Kier alpha value is -1.83. The van der Waals surface area contributed by atoms with Crippen molar-refractivity contribution in [3.05, 3.63) is 54.2 Å². The van der Waals surface area contributed by atoms with Crippen LogP contribution in [0.15, 0.2) is 48.7 Å². The summed E-state index contributed by atoms with van der Waals surface area (Å²) < 4.78 is 0. The van der Waals surface area contributed by atoms with E-state index in [2.05, 4.69) is 6.58 Å². The number of hydrogen-bond donors (Lipinski definition) is 0. The molecule has 0 aliphatic heterocycles. The van der Waals surface area contributed by atoms with Gasteiger partial charge < -0.3 is 4.90 Å². The average Bonchev–Trinajstić information content (AvgIpc) is 2.26. The molecule has 15 heavy (non-hydrogen) atoms. The Morgan fingerprint density at radius 2 is 1.93 bits per heavy atom. The van der Waals surface area contributed by atoms with Crippen LogP contribution in [0, 0.1) is 0 Å². The molecule has 0 aliphatic rings. The van der Waals surface area contributed by atoms with Crippen molar-refractivity contribution in [2.45, 2.75) is 6.92 Å². The van der Waals surface area contributed by atoms with Crippen molar-refractivity contribution in [1.82, 2.24) is 4.90 Å². The lowest BCUT2D eigenvalue weighted by Gasteiger charge is -2.11. The highest BCUT2D eigenvalue weighted by molar-refractivity contribution is 5.93. The van der Waals surface area contributed by atoms with Crippen molar-refractivity contribution >= 4 is 12.0 Å². The zero-order valence-electron chi connectivity index (χ0n) is 9.10. The third-order valence-corrected chi connectivity index (χ3v) is 1.98. The van der Waals surface area contributed by atoms with Gasteiger partial charge in [0.1, 0.15) is 0 Å². The van der Waals surface area contributed by atoms with Crippen molar-refractivity contribution in [2.75, 3.05) is 7.05 Å². The highest BCUT2D eigenvalue weighted by Gasteiger charge is 2.04. The van der Waals surface area contributed by atoms with Gasteiger partial charge in [0.25, 0.3) is 5.91 Å². The van der Waals surface area contributed by atoms with Crippen LogP contribution in [-0.2, 0) is 4.79 Å². The molecule has 0 saturated carbocycles. The fourth-order valence-electron chi connectivity index (χ4n) is 1.13. The summed E-state index contributed by atoms with van der Waals surface area (Å²) in [5.74, 6) is -0.0674. The summed E-state index contributed by atoms with van der Waals surface area (Å²) in [5, 5.41) is 0. The average molecular weight is 201 g/mol. The second-order valence-electron chi connectivity index (χ2n) is 3.42. The van der Waals surface area contributed by atoms with Crippen molar-refractivity contribution in [1.29, 1.82) is 0 Å². The third-order valence-electron chi connectivity index (χ3n) is 1.98. The van der Waals surface area contributed by atoms with Gasteiger partial charge in [-0.2, -0.15) is 0 Å². The van der Waals surface area contributed by atoms with Gasteiger partial charge >= 0.3 is 0 Å². The Kier molecular flexibility index (Phi) is 3.86. The van der Waals surface area contributed by atoms with E-state index in [4.69, 9.17) is 0 Å². The first kappa shape index (κ1) is 11.2. The van der Waals surface area contributed by atoms with Gasteiger partial charge in [0.05, 0.1) is 0 Å². The van der Waals surface area contributed by atoms with E-state index >= 15 is 0 Å². The molecule has 0 N–H and O–H groups in total. The van der Waals surface area contributed by atoms with E-state index in [1.54, 1.807) is 20.2 Å². The largest absolute Gasteiger partial charge is 0.318 e. The maximum Gasteiger partial charge on any atom is 0.252 e.